The zero-order valence-electron chi connectivity index (χ0n) is 11.1. The van der Waals surface area contributed by atoms with Crippen LogP contribution in [0.3, 0.4) is 0 Å². The molecule has 0 aliphatic carbocycles. The number of carboxylic acids is 1. The van der Waals surface area contributed by atoms with E-state index in [4.69, 9.17) is 0 Å². The highest BCUT2D eigenvalue weighted by Crippen LogP contribution is 2.40. The molecule has 0 saturated carbocycles. The minimum absolute atomic E-state index is 0.187. The monoisotopic (exact) mass is 317 g/mol. The van der Waals surface area contributed by atoms with Crippen LogP contribution in [0.1, 0.15) is 32.6 Å². The fourth-order valence-corrected chi connectivity index (χ4v) is 1.38. The van der Waals surface area contributed by atoms with Gasteiger partial charge < -0.3 is 14.6 Å². The minimum atomic E-state index is -5.75. The quantitative estimate of drug-likeness (QED) is 0.390. The fourth-order valence-electron chi connectivity index (χ4n) is 1.38. The summed E-state index contributed by atoms with van der Waals surface area (Å²) in [4.78, 5) is 21.2. The predicted octanol–water partition coefficient (Wildman–Crippen LogP) is 1.98. The van der Waals surface area contributed by atoms with Crippen LogP contribution in [0, 0.1) is 0 Å². The van der Waals surface area contributed by atoms with Crippen molar-refractivity contribution in [2.45, 2.75) is 50.8 Å². The summed E-state index contributed by atoms with van der Waals surface area (Å²) in [7, 11) is 0. The van der Waals surface area contributed by atoms with Gasteiger partial charge in [-0.2, -0.15) is 22.0 Å². The van der Waals surface area contributed by atoms with Crippen LogP contribution in [0.4, 0.5) is 22.0 Å². The van der Waals surface area contributed by atoms with Crippen molar-refractivity contribution in [2.75, 3.05) is 0 Å². The Hall–Kier alpha value is -1.67. The summed E-state index contributed by atoms with van der Waals surface area (Å²) in [6.07, 6.45) is -7.85. The molecule has 0 aromatic carbocycles. The number of hydrogen-bond donors (Lipinski definition) is 0. The Morgan fingerprint density at radius 1 is 1.19 bits per heavy atom. The third kappa shape index (κ3) is 7.62. The van der Waals surface area contributed by atoms with Crippen LogP contribution in [0.2, 0.25) is 0 Å². The lowest BCUT2D eigenvalue weighted by atomic mass is 10.0. The van der Waals surface area contributed by atoms with Crippen LogP contribution >= 0.6 is 0 Å². The number of hydrogen-bond acceptors (Lipinski definition) is 4. The van der Waals surface area contributed by atoms with Crippen molar-refractivity contribution in [3.8, 4) is 0 Å². The molecule has 1 atom stereocenters. The second-order valence-electron chi connectivity index (χ2n) is 4.26. The van der Waals surface area contributed by atoms with E-state index < -0.39 is 36.6 Å². The maximum absolute atomic E-state index is 12.9. The van der Waals surface area contributed by atoms with E-state index in [1.807, 2.05) is 0 Å². The van der Waals surface area contributed by atoms with Crippen molar-refractivity contribution in [1.82, 2.24) is 0 Å². The number of carbonyl (C=O) groups excluding carboxylic acids is 2. The highest BCUT2D eigenvalue weighted by Gasteiger charge is 2.58. The molecule has 0 spiro atoms. The van der Waals surface area contributed by atoms with Crippen molar-refractivity contribution in [3.05, 3.63) is 12.2 Å². The number of unbranched alkanes of at least 4 members (excludes halogenated alkanes) is 1. The van der Waals surface area contributed by atoms with Gasteiger partial charge in [-0.3, -0.25) is 0 Å². The Morgan fingerprint density at radius 2 is 1.76 bits per heavy atom. The second-order valence-corrected chi connectivity index (χ2v) is 4.26. The molecule has 9 heteroatoms. The SMILES string of the molecule is CCCCC(CC(F)(F)C(F)(F)F)OC(=O)/C=C/C(=O)[O-]. The van der Waals surface area contributed by atoms with Crippen molar-refractivity contribution < 1.29 is 41.4 Å². The molecule has 0 aromatic heterocycles. The number of aliphatic carboxylic acids is 1. The van der Waals surface area contributed by atoms with Crippen molar-refractivity contribution in [2.24, 2.45) is 0 Å². The largest absolute Gasteiger partial charge is 0.545 e. The van der Waals surface area contributed by atoms with Gasteiger partial charge in [-0.05, 0) is 12.5 Å². The lowest BCUT2D eigenvalue weighted by molar-refractivity contribution is -0.297. The van der Waals surface area contributed by atoms with Gasteiger partial charge in [-0.15, -0.1) is 0 Å². The van der Waals surface area contributed by atoms with E-state index in [9.17, 15) is 36.6 Å². The summed E-state index contributed by atoms with van der Waals surface area (Å²) >= 11 is 0. The number of rotatable bonds is 8. The Balaban J connectivity index is 4.81. The van der Waals surface area contributed by atoms with Gasteiger partial charge in [0.1, 0.15) is 6.10 Å². The Morgan fingerprint density at radius 3 is 2.19 bits per heavy atom. The number of halogens is 5. The van der Waals surface area contributed by atoms with Gasteiger partial charge in [-0.1, -0.05) is 19.8 Å². The average Bonchev–Trinajstić information content (AvgIpc) is 2.31. The Labute approximate surface area is 117 Å². The Kier molecular flexibility index (Phi) is 7.31. The molecule has 0 radical (unpaired) electrons. The van der Waals surface area contributed by atoms with E-state index in [1.165, 1.54) is 0 Å². The summed E-state index contributed by atoms with van der Waals surface area (Å²) < 4.78 is 66.7. The maximum Gasteiger partial charge on any atom is 0.453 e. The normalized spacial score (nSPS) is 14.2. The van der Waals surface area contributed by atoms with Crippen LogP contribution in [0.15, 0.2) is 12.2 Å². The van der Waals surface area contributed by atoms with Crippen LogP contribution in [-0.2, 0) is 14.3 Å². The molecule has 0 heterocycles. The third-order valence-corrected chi connectivity index (χ3v) is 2.42. The van der Waals surface area contributed by atoms with Gasteiger partial charge in [0.15, 0.2) is 0 Å². The molecule has 0 aliphatic rings. The van der Waals surface area contributed by atoms with Crippen molar-refractivity contribution >= 4 is 11.9 Å². The number of ether oxygens (including phenoxy) is 1. The van der Waals surface area contributed by atoms with E-state index in [-0.39, 0.29) is 12.8 Å². The van der Waals surface area contributed by atoms with Crippen LogP contribution in [0.25, 0.3) is 0 Å². The lowest BCUT2D eigenvalue weighted by Gasteiger charge is -2.24. The summed E-state index contributed by atoms with van der Waals surface area (Å²) in [6, 6.07) is 0. The molecule has 0 bridgehead atoms. The number of alkyl halides is 5. The summed E-state index contributed by atoms with van der Waals surface area (Å²) in [6.45, 7) is 1.68. The molecule has 0 aliphatic heterocycles. The van der Waals surface area contributed by atoms with E-state index >= 15 is 0 Å². The minimum Gasteiger partial charge on any atom is -0.545 e. The molecule has 0 amide bonds. The highest BCUT2D eigenvalue weighted by molar-refractivity contribution is 5.89. The maximum atomic E-state index is 12.9. The molecular formula is C12H14F5O4-. The number of esters is 1. The van der Waals surface area contributed by atoms with Gasteiger partial charge in [0.2, 0.25) is 0 Å². The zero-order valence-corrected chi connectivity index (χ0v) is 11.1. The first kappa shape index (κ1) is 19.3. The van der Waals surface area contributed by atoms with Gasteiger partial charge in [-0.25, -0.2) is 4.79 Å². The van der Waals surface area contributed by atoms with E-state index in [2.05, 4.69) is 4.74 Å². The molecule has 0 aromatic rings. The first-order valence-corrected chi connectivity index (χ1v) is 6.03. The molecule has 21 heavy (non-hydrogen) atoms. The molecule has 0 fully saturated rings. The zero-order chi connectivity index (χ0) is 16.7. The Bertz CT molecular complexity index is 390. The first-order valence-electron chi connectivity index (χ1n) is 6.03. The molecule has 122 valence electrons. The molecular weight excluding hydrogens is 303 g/mol. The third-order valence-electron chi connectivity index (χ3n) is 2.42. The van der Waals surface area contributed by atoms with Crippen LogP contribution in [-0.4, -0.2) is 30.1 Å². The molecule has 0 rings (SSSR count). The van der Waals surface area contributed by atoms with Crippen LogP contribution < -0.4 is 5.11 Å². The first-order chi connectivity index (χ1) is 9.49. The standard InChI is InChI=1S/C12H15F5O4/c1-2-3-4-8(7-11(13,14)12(15,16)17)21-10(20)6-5-9(18)19/h5-6,8H,2-4,7H2,1H3,(H,18,19)/p-1/b6-5+. The average molecular weight is 317 g/mol. The summed E-state index contributed by atoms with van der Waals surface area (Å²) in [5, 5.41) is 10.0. The lowest BCUT2D eigenvalue weighted by Crippen LogP contribution is -2.40. The van der Waals surface area contributed by atoms with Crippen LogP contribution in [0.5, 0.6) is 0 Å². The van der Waals surface area contributed by atoms with Crippen molar-refractivity contribution in [3.63, 3.8) is 0 Å². The van der Waals surface area contributed by atoms with E-state index in [1.54, 1.807) is 6.92 Å². The van der Waals surface area contributed by atoms with E-state index in [0.717, 1.165) is 0 Å². The van der Waals surface area contributed by atoms with Gasteiger partial charge in [0.25, 0.3) is 0 Å². The van der Waals surface area contributed by atoms with E-state index in [0.29, 0.717) is 18.6 Å². The summed E-state index contributed by atoms with van der Waals surface area (Å²) in [5.74, 6) is -8.04. The van der Waals surface area contributed by atoms with Gasteiger partial charge in [0, 0.05) is 6.08 Å². The fraction of sp³-hybridized carbons (Fsp3) is 0.667. The smallest absolute Gasteiger partial charge is 0.453 e. The topological polar surface area (TPSA) is 66.4 Å². The molecule has 0 saturated heterocycles. The summed E-state index contributed by atoms with van der Waals surface area (Å²) in [5.41, 5.74) is 0. The molecule has 1 unspecified atom stereocenters. The van der Waals surface area contributed by atoms with Gasteiger partial charge in [0.05, 0.1) is 12.4 Å². The molecule has 4 nitrogen and oxygen atoms in total. The van der Waals surface area contributed by atoms with Crippen molar-refractivity contribution in [1.29, 1.82) is 0 Å². The van der Waals surface area contributed by atoms with Gasteiger partial charge >= 0.3 is 18.1 Å². The second kappa shape index (κ2) is 7.94. The number of carbonyl (C=O) groups is 2. The predicted molar refractivity (Wildman–Crippen MR) is 59.2 cm³/mol. The molecule has 0 N–H and O–H groups in total. The highest BCUT2D eigenvalue weighted by atomic mass is 19.4. The number of carboxylic acid groups (broad SMARTS) is 1.